The molecular weight excluding hydrogens is 440 g/mol. The van der Waals surface area contributed by atoms with Gasteiger partial charge in [0.2, 0.25) is 18.5 Å². The lowest BCUT2D eigenvalue weighted by atomic mass is 9.84. The summed E-state index contributed by atoms with van der Waals surface area (Å²) in [5, 5.41) is 12.6. The lowest BCUT2D eigenvalue weighted by Crippen LogP contribution is -2.23. The van der Waals surface area contributed by atoms with Gasteiger partial charge in [0.15, 0.2) is 22.4 Å². The first-order chi connectivity index (χ1) is 16.2. The van der Waals surface area contributed by atoms with Gasteiger partial charge in [-0.05, 0) is 68.2 Å². The summed E-state index contributed by atoms with van der Waals surface area (Å²) >= 11 is 1.40. The van der Waals surface area contributed by atoms with Crippen LogP contribution in [0.15, 0.2) is 46.2 Å². The molecule has 1 aliphatic heterocycles. The van der Waals surface area contributed by atoms with Gasteiger partial charge >= 0.3 is 0 Å². The van der Waals surface area contributed by atoms with E-state index in [0.29, 0.717) is 28.9 Å². The molecule has 2 aliphatic carbocycles. The third-order valence-electron chi connectivity index (χ3n) is 7.21. The molecule has 9 heteroatoms. The molecule has 2 aromatic heterocycles. The number of rotatable bonds is 7. The van der Waals surface area contributed by atoms with Crippen LogP contribution in [0.4, 0.5) is 5.69 Å². The first-order valence-electron chi connectivity index (χ1n) is 11.5. The Morgan fingerprint density at radius 1 is 1.21 bits per heavy atom. The van der Waals surface area contributed by atoms with Crippen molar-refractivity contribution in [3.63, 3.8) is 0 Å². The van der Waals surface area contributed by atoms with Gasteiger partial charge in [-0.15, -0.1) is 10.2 Å². The number of amides is 1. The lowest BCUT2D eigenvalue weighted by Gasteiger charge is -2.30. The van der Waals surface area contributed by atoms with Crippen LogP contribution in [0.1, 0.15) is 38.6 Å². The lowest BCUT2D eigenvalue weighted by molar-refractivity contribution is -0.113. The minimum Gasteiger partial charge on any atom is -0.461 e. The van der Waals surface area contributed by atoms with E-state index in [2.05, 4.69) is 27.0 Å². The molecule has 2 fully saturated rings. The number of anilines is 1. The fraction of sp³-hybridized carbons (Fsp3) is 0.458. The second-order valence-electron chi connectivity index (χ2n) is 9.14. The van der Waals surface area contributed by atoms with Crippen LogP contribution in [-0.2, 0) is 4.79 Å². The Hall–Kier alpha value is -2.94. The number of fused-ring (bicyclic) bond motifs is 3. The minimum atomic E-state index is -0.111. The zero-order valence-corrected chi connectivity index (χ0v) is 19.2. The van der Waals surface area contributed by atoms with Gasteiger partial charge in [0.1, 0.15) is 0 Å². The topological polar surface area (TPSA) is 91.4 Å². The van der Waals surface area contributed by atoms with Gasteiger partial charge in [0, 0.05) is 17.8 Å². The summed E-state index contributed by atoms with van der Waals surface area (Å²) < 4.78 is 18.6. The van der Waals surface area contributed by atoms with Crippen molar-refractivity contribution < 1.29 is 18.7 Å². The Balaban J connectivity index is 1.19. The molecule has 0 radical (unpaired) electrons. The van der Waals surface area contributed by atoms with Crippen LogP contribution in [0.5, 0.6) is 11.5 Å². The standard InChI is InChI=1S/C24H26N4O4S/c1-14(18-10-15-4-5-16(18)9-15)28-23(20-3-2-8-30-20)26-27-24(28)33-12-22(29)25-17-6-7-19-21(11-17)32-13-31-19/h2-3,6-8,11,14-16,18H,4-5,9-10,12-13H2,1H3,(H,25,29). The fourth-order valence-electron chi connectivity index (χ4n) is 5.69. The van der Waals surface area contributed by atoms with Crippen LogP contribution in [-0.4, -0.2) is 33.2 Å². The van der Waals surface area contributed by atoms with Gasteiger partial charge in [-0.1, -0.05) is 18.2 Å². The number of furan rings is 1. The van der Waals surface area contributed by atoms with Gasteiger partial charge in [0.05, 0.1) is 12.0 Å². The predicted molar refractivity (Wildman–Crippen MR) is 123 cm³/mol. The Kier molecular flexibility index (Phi) is 5.28. The summed E-state index contributed by atoms with van der Waals surface area (Å²) in [5.41, 5.74) is 0.679. The van der Waals surface area contributed by atoms with Crippen LogP contribution >= 0.6 is 11.8 Å². The maximum atomic E-state index is 12.7. The number of carbonyl (C=O) groups excluding carboxylic acids is 1. The Morgan fingerprint density at radius 2 is 2.12 bits per heavy atom. The molecular formula is C24H26N4O4S. The predicted octanol–water partition coefficient (Wildman–Crippen LogP) is 4.99. The molecule has 2 saturated carbocycles. The highest BCUT2D eigenvalue weighted by molar-refractivity contribution is 7.99. The number of hydrogen-bond acceptors (Lipinski definition) is 7. The number of aromatic nitrogens is 3. The van der Waals surface area contributed by atoms with Gasteiger partial charge in [0.25, 0.3) is 0 Å². The zero-order valence-electron chi connectivity index (χ0n) is 18.4. The van der Waals surface area contributed by atoms with Crippen LogP contribution in [0.3, 0.4) is 0 Å². The summed E-state index contributed by atoms with van der Waals surface area (Å²) in [4.78, 5) is 12.7. The van der Waals surface area contributed by atoms with Gasteiger partial charge in [-0.25, -0.2) is 0 Å². The monoisotopic (exact) mass is 466 g/mol. The van der Waals surface area contributed by atoms with Crippen molar-refractivity contribution in [1.29, 1.82) is 0 Å². The number of nitrogens with zero attached hydrogens (tertiary/aromatic N) is 3. The van der Waals surface area contributed by atoms with Crippen molar-refractivity contribution in [2.24, 2.45) is 17.8 Å². The average Bonchev–Trinajstić information content (AvgIpc) is 3.64. The molecule has 3 heterocycles. The second kappa shape index (κ2) is 8.44. The highest BCUT2D eigenvalue weighted by atomic mass is 32.2. The van der Waals surface area contributed by atoms with E-state index in [4.69, 9.17) is 13.9 Å². The molecule has 1 amide bonds. The molecule has 4 atom stereocenters. The fourth-order valence-corrected chi connectivity index (χ4v) is 6.52. The Morgan fingerprint density at radius 3 is 2.91 bits per heavy atom. The number of carbonyl (C=O) groups is 1. The molecule has 6 rings (SSSR count). The molecule has 33 heavy (non-hydrogen) atoms. The first-order valence-corrected chi connectivity index (χ1v) is 12.5. The molecule has 3 aliphatic rings. The van der Waals surface area contributed by atoms with Crippen LogP contribution < -0.4 is 14.8 Å². The van der Waals surface area contributed by atoms with E-state index in [9.17, 15) is 4.79 Å². The molecule has 1 N–H and O–H groups in total. The number of nitrogens with one attached hydrogen (secondary N) is 1. The van der Waals surface area contributed by atoms with Crippen LogP contribution in [0.25, 0.3) is 11.6 Å². The molecule has 172 valence electrons. The van der Waals surface area contributed by atoms with Crippen molar-refractivity contribution in [2.75, 3.05) is 17.9 Å². The van der Waals surface area contributed by atoms with Crippen molar-refractivity contribution in [2.45, 2.75) is 43.8 Å². The quantitative estimate of drug-likeness (QED) is 0.490. The second-order valence-corrected chi connectivity index (χ2v) is 10.1. The first kappa shape index (κ1) is 20.7. The molecule has 4 unspecified atom stereocenters. The molecule has 0 saturated heterocycles. The van der Waals surface area contributed by atoms with Crippen LogP contribution in [0.2, 0.25) is 0 Å². The molecule has 8 nitrogen and oxygen atoms in total. The Labute approximate surface area is 196 Å². The highest BCUT2D eigenvalue weighted by Gasteiger charge is 2.43. The van der Waals surface area contributed by atoms with E-state index in [0.717, 1.165) is 22.8 Å². The summed E-state index contributed by atoms with van der Waals surface area (Å²) in [7, 11) is 0. The number of hydrogen-bond donors (Lipinski definition) is 1. The highest BCUT2D eigenvalue weighted by Crippen LogP contribution is 2.53. The van der Waals surface area contributed by atoms with Gasteiger partial charge < -0.3 is 19.2 Å². The summed E-state index contributed by atoms with van der Waals surface area (Å²) in [5.74, 6) is 5.12. The molecule has 1 aromatic carbocycles. The van der Waals surface area contributed by atoms with E-state index in [1.165, 1.54) is 37.4 Å². The third kappa shape index (κ3) is 3.88. The molecule has 2 bridgehead atoms. The summed E-state index contributed by atoms with van der Waals surface area (Å²) in [6, 6.07) is 9.41. The van der Waals surface area contributed by atoms with Crippen molar-refractivity contribution in [3.8, 4) is 23.1 Å². The minimum absolute atomic E-state index is 0.111. The van der Waals surface area contributed by atoms with E-state index in [-0.39, 0.29) is 24.5 Å². The van der Waals surface area contributed by atoms with E-state index in [1.54, 1.807) is 18.4 Å². The number of benzene rings is 1. The SMILES string of the molecule is CC(C1CC2CCC1C2)n1c(SCC(=O)Nc2ccc3c(c2)OCO3)nnc1-c1ccco1. The van der Waals surface area contributed by atoms with E-state index >= 15 is 0 Å². The third-order valence-corrected chi connectivity index (χ3v) is 8.16. The number of thioether (sulfide) groups is 1. The number of ether oxygens (including phenoxy) is 2. The Bertz CT molecular complexity index is 1160. The van der Waals surface area contributed by atoms with Crippen molar-refractivity contribution in [1.82, 2.24) is 14.8 Å². The maximum absolute atomic E-state index is 12.7. The van der Waals surface area contributed by atoms with E-state index in [1.807, 2.05) is 18.2 Å². The van der Waals surface area contributed by atoms with Gasteiger partial charge in [-0.3, -0.25) is 9.36 Å². The molecule has 3 aromatic rings. The average molecular weight is 467 g/mol. The van der Waals surface area contributed by atoms with E-state index < -0.39 is 0 Å². The zero-order chi connectivity index (χ0) is 22.4. The summed E-state index contributed by atoms with van der Waals surface area (Å²) in [6.45, 7) is 2.47. The molecule has 0 spiro atoms. The van der Waals surface area contributed by atoms with Gasteiger partial charge in [-0.2, -0.15) is 0 Å². The van der Waals surface area contributed by atoms with Crippen molar-refractivity contribution in [3.05, 3.63) is 36.6 Å². The van der Waals surface area contributed by atoms with Crippen LogP contribution in [0, 0.1) is 17.8 Å². The summed E-state index contributed by atoms with van der Waals surface area (Å²) in [6.07, 6.45) is 6.94. The smallest absolute Gasteiger partial charge is 0.234 e. The van der Waals surface area contributed by atoms with Crippen molar-refractivity contribution >= 4 is 23.4 Å². The largest absolute Gasteiger partial charge is 0.461 e. The normalized spacial score (nSPS) is 23.7. The maximum Gasteiger partial charge on any atom is 0.234 e.